The minimum atomic E-state index is -4.30. The highest BCUT2D eigenvalue weighted by atomic mass is 32.1. The summed E-state index contributed by atoms with van der Waals surface area (Å²) in [7, 11) is 2.05. The van der Waals surface area contributed by atoms with Crippen molar-refractivity contribution in [3.63, 3.8) is 0 Å². The Balaban J connectivity index is 2.11. The molecule has 0 aliphatic rings. The summed E-state index contributed by atoms with van der Waals surface area (Å²) in [5, 5.41) is 2.72. The molecule has 0 amide bonds. The zero-order valence-electron chi connectivity index (χ0n) is 12.8. The molecular formula is C16H19F3N2S. The summed E-state index contributed by atoms with van der Waals surface area (Å²) in [4.78, 5) is 6.74. The number of halogens is 3. The van der Waals surface area contributed by atoms with E-state index in [1.165, 1.54) is 23.5 Å². The van der Waals surface area contributed by atoms with Crippen molar-refractivity contribution < 1.29 is 13.2 Å². The second-order valence-corrected chi connectivity index (χ2v) is 6.25. The van der Waals surface area contributed by atoms with E-state index in [2.05, 4.69) is 23.7 Å². The average molecular weight is 328 g/mol. The van der Waals surface area contributed by atoms with Gasteiger partial charge in [0.1, 0.15) is 5.01 Å². The Morgan fingerprint density at radius 3 is 2.41 bits per heavy atom. The predicted molar refractivity (Wildman–Crippen MR) is 83.8 cm³/mol. The molecule has 1 unspecified atom stereocenters. The zero-order valence-corrected chi connectivity index (χ0v) is 13.6. The van der Waals surface area contributed by atoms with Crippen LogP contribution in [0.5, 0.6) is 0 Å². The van der Waals surface area contributed by atoms with Gasteiger partial charge >= 0.3 is 6.18 Å². The monoisotopic (exact) mass is 328 g/mol. The fourth-order valence-electron chi connectivity index (χ4n) is 2.04. The maximum atomic E-state index is 12.6. The smallest absolute Gasteiger partial charge is 0.298 e. The first-order chi connectivity index (χ1) is 10.3. The molecule has 1 heterocycles. The van der Waals surface area contributed by atoms with Gasteiger partial charge in [-0.2, -0.15) is 13.2 Å². The van der Waals surface area contributed by atoms with E-state index < -0.39 is 11.7 Å². The van der Waals surface area contributed by atoms with E-state index in [9.17, 15) is 13.2 Å². The first-order valence-corrected chi connectivity index (χ1v) is 8.01. The van der Waals surface area contributed by atoms with Gasteiger partial charge in [-0.3, -0.25) is 4.90 Å². The molecule has 0 fully saturated rings. The molecule has 0 saturated carbocycles. The fraction of sp³-hybridized carbons (Fsp3) is 0.438. The number of nitrogens with zero attached hydrogens (tertiary/aromatic N) is 2. The Kier molecular flexibility index (Phi) is 5.24. The maximum absolute atomic E-state index is 12.6. The molecule has 1 aromatic carbocycles. The number of alkyl halides is 3. The highest BCUT2D eigenvalue weighted by molar-refractivity contribution is 7.13. The molecule has 0 N–H and O–H groups in total. The predicted octanol–water partition coefficient (Wildman–Crippen LogP) is 5.06. The Morgan fingerprint density at radius 2 is 1.86 bits per heavy atom. The van der Waals surface area contributed by atoms with E-state index in [1.807, 2.05) is 12.4 Å². The summed E-state index contributed by atoms with van der Waals surface area (Å²) < 4.78 is 37.7. The standard InChI is InChI=1S/C16H19F3N2S/c1-4-11(2)21(3)9-14-10-22-15(20-14)12-5-7-13(8-6-12)16(17,18)19/h5-8,10-11H,4,9H2,1-3H3. The van der Waals surface area contributed by atoms with Crippen LogP contribution in [0.2, 0.25) is 0 Å². The van der Waals surface area contributed by atoms with Crippen LogP contribution in [-0.4, -0.2) is 23.0 Å². The Bertz CT molecular complexity index is 605. The Hall–Kier alpha value is -1.40. The van der Waals surface area contributed by atoms with E-state index in [-0.39, 0.29) is 0 Å². The van der Waals surface area contributed by atoms with Crippen LogP contribution in [0.15, 0.2) is 29.6 Å². The number of rotatable bonds is 5. The van der Waals surface area contributed by atoms with E-state index in [0.29, 0.717) is 6.04 Å². The molecule has 2 rings (SSSR count). The number of benzene rings is 1. The second-order valence-electron chi connectivity index (χ2n) is 5.39. The zero-order chi connectivity index (χ0) is 16.3. The van der Waals surface area contributed by atoms with Crippen molar-refractivity contribution in [2.24, 2.45) is 0 Å². The molecule has 0 saturated heterocycles. The van der Waals surface area contributed by atoms with Crippen molar-refractivity contribution in [1.82, 2.24) is 9.88 Å². The summed E-state index contributed by atoms with van der Waals surface area (Å²) in [6.07, 6.45) is -3.24. The fourth-order valence-corrected chi connectivity index (χ4v) is 2.85. The number of hydrogen-bond acceptors (Lipinski definition) is 3. The number of thiazole rings is 1. The van der Waals surface area contributed by atoms with E-state index >= 15 is 0 Å². The first-order valence-electron chi connectivity index (χ1n) is 7.13. The van der Waals surface area contributed by atoms with Crippen LogP contribution in [0.1, 0.15) is 31.5 Å². The first kappa shape index (κ1) is 17.0. The molecule has 0 radical (unpaired) electrons. The third-order valence-electron chi connectivity index (χ3n) is 3.77. The molecule has 0 bridgehead atoms. The summed E-state index contributed by atoms with van der Waals surface area (Å²) in [5.41, 5.74) is 1.03. The van der Waals surface area contributed by atoms with Crippen molar-refractivity contribution in [2.75, 3.05) is 7.05 Å². The molecule has 0 spiro atoms. The molecule has 0 aliphatic heterocycles. The lowest BCUT2D eigenvalue weighted by molar-refractivity contribution is -0.137. The van der Waals surface area contributed by atoms with E-state index in [4.69, 9.17) is 0 Å². The van der Waals surface area contributed by atoms with Gasteiger partial charge in [-0.25, -0.2) is 4.98 Å². The van der Waals surface area contributed by atoms with Crippen LogP contribution < -0.4 is 0 Å². The van der Waals surface area contributed by atoms with Crippen LogP contribution in [-0.2, 0) is 12.7 Å². The normalized spacial score (nSPS) is 13.6. The molecular weight excluding hydrogens is 309 g/mol. The largest absolute Gasteiger partial charge is 0.416 e. The van der Waals surface area contributed by atoms with Crippen LogP contribution in [0.25, 0.3) is 10.6 Å². The Labute approximate surface area is 132 Å². The summed E-state index contributed by atoms with van der Waals surface area (Å²) in [5.74, 6) is 0. The van der Waals surface area contributed by atoms with Crippen molar-refractivity contribution in [2.45, 2.75) is 39.0 Å². The highest BCUT2D eigenvalue weighted by Crippen LogP contribution is 2.31. The van der Waals surface area contributed by atoms with Crippen LogP contribution in [0.4, 0.5) is 13.2 Å². The summed E-state index contributed by atoms with van der Waals surface area (Å²) in [6, 6.07) is 5.62. The van der Waals surface area contributed by atoms with Gasteiger partial charge in [0.05, 0.1) is 11.3 Å². The lowest BCUT2D eigenvalue weighted by Gasteiger charge is -2.22. The van der Waals surface area contributed by atoms with Gasteiger partial charge in [-0.15, -0.1) is 11.3 Å². The summed E-state index contributed by atoms with van der Waals surface area (Å²) in [6.45, 7) is 5.03. The molecule has 1 atom stereocenters. The van der Waals surface area contributed by atoms with Crippen LogP contribution >= 0.6 is 11.3 Å². The quantitative estimate of drug-likeness (QED) is 0.763. The van der Waals surface area contributed by atoms with Crippen molar-refractivity contribution in [3.05, 3.63) is 40.9 Å². The van der Waals surface area contributed by atoms with Crippen molar-refractivity contribution in [3.8, 4) is 10.6 Å². The van der Waals surface area contributed by atoms with Gasteiger partial charge in [0.2, 0.25) is 0 Å². The third kappa shape index (κ3) is 4.08. The van der Waals surface area contributed by atoms with Crippen LogP contribution in [0, 0.1) is 0 Å². The van der Waals surface area contributed by atoms with Crippen molar-refractivity contribution >= 4 is 11.3 Å². The maximum Gasteiger partial charge on any atom is 0.416 e. The summed E-state index contributed by atoms with van der Waals surface area (Å²) >= 11 is 1.46. The van der Waals surface area contributed by atoms with Gasteiger partial charge in [0.15, 0.2) is 0 Å². The molecule has 2 aromatic rings. The third-order valence-corrected chi connectivity index (χ3v) is 4.71. The van der Waals surface area contributed by atoms with E-state index in [0.717, 1.165) is 41.4 Å². The lowest BCUT2D eigenvalue weighted by Crippen LogP contribution is -2.27. The topological polar surface area (TPSA) is 16.1 Å². The average Bonchev–Trinajstić information content (AvgIpc) is 2.94. The molecule has 22 heavy (non-hydrogen) atoms. The molecule has 6 heteroatoms. The SMILES string of the molecule is CCC(C)N(C)Cc1csc(-c2ccc(C(F)(F)F)cc2)n1. The molecule has 2 nitrogen and oxygen atoms in total. The van der Waals surface area contributed by atoms with Gasteiger partial charge in [0, 0.05) is 23.5 Å². The molecule has 1 aromatic heterocycles. The van der Waals surface area contributed by atoms with Crippen molar-refractivity contribution in [1.29, 1.82) is 0 Å². The Morgan fingerprint density at radius 1 is 1.23 bits per heavy atom. The van der Waals surface area contributed by atoms with E-state index in [1.54, 1.807) is 0 Å². The van der Waals surface area contributed by atoms with Crippen LogP contribution in [0.3, 0.4) is 0 Å². The second kappa shape index (κ2) is 6.79. The molecule has 120 valence electrons. The number of aromatic nitrogens is 1. The molecule has 0 aliphatic carbocycles. The minimum absolute atomic E-state index is 0.469. The highest BCUT2D eigenvalue weighted by Gasteiger charge is 2.30. The lowest BCUT2D eigenvalue weighted by atomic mass is 10.1. The number of hydrogen-bond donors (Lipinski definition) is 0. The van der Waals surface area contributed by atoms with Gasteiger partial charge in [-0.05, 0) is 32.5 Å². The van der Waals surface area contributed by atoms with Gasteiger partial charge < -0.3 is 0 Å². The minimum Gasteiger partial charge on any atom is -0.298 e. The van der Waals surface area contributed by atoms with Gasteiger partial charge in [-0.1, -0.05) is 19.1 Å². The van der Waals surface area contributed by atoms with Gasteiger partial charge in [0.25, 0.3) is 0 Å².